The first-order valence-electron chi connectivity index (χ1n) is 16.0. The van der Waals surface area contributed by atoms with Gasteiger partial charge in [-0.15, -0.1) is 0 Å². The van der Waals surface area contributed by atoms with Gasteiger partial charge in [0.1, 0.15) is 11.2 Å². The van der Waals surface area contributed by atoms with Crippen molar-refractivity contribution in [3.63, 3.8) is 0 Å². The van der Waals surface area contributed by atoms with Crippen LogP contribution in [0.15, 0.2) is 168 Å². The molecule has 0 spiro atoms. The van der Waals surface area contributed by atoms with Gasteiger partial charge >= 0.3 is 0 Å². The van der Waals surface area contributed by atoms with Gasteiger partial charge in [0.25, 0.3) is 0 Å². The number of hydrogen-bond acceptors (Lipinski definition) is 2. The second-order valence-corrected chi connectivity index (χ2v) is 12.3. The van der Waals surface area contributed by atoms with Crippen LogP contribution in [0.2, 0.25) is 0 Å². The molecule has 8 aromatic carbocycles. The third kappa shape index (κ3) is 4.02. The van der Waals surface area contributed by atoms with Gasteiger partial charge in [0.15, 0.2) is 0 Å². The molecule has 0 atom stereocenters. The molecule has 2 nitrogen and oxygen atoms in total. The SMILES string of the molecule is c1cc2ccc3c(-c4ccc(-c5ccncc5)cc4)cc(-c4ccc(-c5cccc6c5oc5ccccc56)cc4)c4ccc(c1)c2c34. The zero-order chi connectivity index (χ0) is 30.9. The zero-order valence-electron chi connectivity index (χ0n) is 25.4. The summed E-state index contributed by atoms with van der Waals surface area (Å²) in [6.07, 6.45) is 3.69. The Labute approximate surface area is 271 Å². The van der Waals surface area contributed by atoms with Gasteiger partial charge in [-0.2, -0.15) is 0 Å². The van der Waals surface area contributed by atoms with Gasteiger partial charge in [-0.3, -0.25) is 4.98 Å². The molecule has 2 heteroatoms. The Morgan fingerprint density at radius 1 is 0.362 bits per heavy atom. The molecule has 218 valence electrons. The van der Waals surface area contributed by atoms with E-state index >= 15 is 0 Å². The normalized spacial score (nSPS) is 11.8. The molecule has 0 bridgehead atoms. The van der Waals surface area contributed by atoms with E-state index in [2.05, 4.69) is 145 Å². The van der Waals surface area contributed by atoms with Gasteiger partial charge in [0.2, 0.25) is 0 Å². The van der Waals surface area contributed by atoms with Crippen LogP contribution in [0.25, 0.3) is 98.8 Å². The first-order valence-corrected chi connectivity index (χ1v) is 16.0. The lowest BCUT2D eigenvalue weighted by Crippen LogP contribution is -1.91. The van der Waals surface area contributed by atoms with Crippen molar-refractivity contribution in [2.45, 2.75) is 0 Å². The standard InChI is InChI=1S/C45H27NO/c1-2-10-42-36(7-1)39-9-4-8-35(45(39)47-42)30-15-17-32(18-16-30)41-27-40(31-13-11-28(12-14-31)29-23-25-46-26-24-29)37-21-19-33-5-3-6-34-20-22-38(41)44(37)43(33)34/h1-27H. The van der Waals surface area contributed by atoms with Crippen molar-refractivity contribution < 1.29 is 4.42 Å². The van der Waals surface area contributed by atoms with Crippen LogP contribution in [0.5, 0.6) is 0 Å². The van der Waals surface area contributed by atoms with Crippen LogP contribution in [0.3, 0.4) is 0 Å². The number of para-hydroxylation sites is 2. The highest BCUT2D eigenvalue weighted by atomic mass is 16.3. The summed E-state index contributed by atoms with van der Waals surface area (Å²) in [6, 6.07) is 54.9. The largest absolute Gasteiger partial charge is 0.455 e. The minimum Gasteiger partial charge on any atom is -0.455 e. The molecule has 47 heavy (non-hydrogen) atoms. The molecule has 2 heterocycles. The highest BCUT2D eigenvalue weighted by Crippen LogP contribution is 2.45. The van der Waals surface area contributed by atoms with Crippen LogP contribution in [0, 0.1) is 0 Å². The lowest BCUT2D eigenvalue weighted by molar-refractivity contribution is 0.670. The Morgan fingerprint density at radius 3 is 1.60 bits per heavy atom. The number of nitrogens with zero attached hydrogens (tertiary/aromatic N) is 1. The van der Waals surface area contributed by atoms with E-state index in [9.17, 15) is 0 Å². The summed E-state index contributed by atoms with van der Waals surface area (Å²) < 4.78 is 6.37. The van der Waals surface area contributed by atoms with Crippen molar-refractivity contribution in [1.82, 2.24) is 4.98 Å². The van der Waals surface area contributed by atoms with Gasteiger partial charge in [-0.1, -0.05) is 127 Å². The van der Waals surface area contributed by atoms with E-state index in [0.717, 1.165) is 33.1 Å². The molecule has 10 aromatic rings. The molecule has 0 fully saturated rings. The second kappa shape index (κ2) is 10.1. The summed E-state index contributed by atoms with van der Waals surface area (Å²) >= 11 is 0. The maximum atomic E-state index is 6.37. The van der Waals surface area contributed by atoms with Crippen molar-refractivity contribution in [3.8, 4) is 44.5 Å². The number of benzene rings is 8. The van der Waals surface area contributed by atoms with Crippen LogP contribution in [0.1, 0.15) is 0 Å². The van der Waals surface area contributed by atoms with E-state index in [0.29, 0.717) is 0 Å². The summed E-state index contributed by atoms with van der Waals surface area (Å²) in [5.74, 6) is 0. The van der Waals surface area contributed by atoms with Crippen molar-refractivity contribution in [3.05, 3.63) is 164 Å². The van der Waals surface area contributed by atoms with Crippen molar-refractivity contribution >= 4 is 54.3 Å². The van der Waals surface area contributed by atoms with Gasteiger partial charge < -0.3 is 4.42 Å². The van der Waals surface area contributed by atoms with Gasteiger partial charge in [0.05, 0.1) is 0 Å². The number of aromatic nitrogens is 1. The van der Waals surface area contributed by atoms with Crippen LogP contribution in [-0.4, -0.2) is 4.98 Å². The summed E-state index contributed by atoms with van der Waals surface area (Å²) in [6.45, 7) is 0. The van der Waals surface area contributed by atoms with Crippen LogP contribution in [-0.2, 0) is 0 Å². The van der Waals surface area contributed by atoms with E-state index in [4.69, 9.17) is 4.42 Å². The van der Waals surface area contributed by atoms with E-state index < -0.39 is 0 Å². The molecular weight excluding hydrogens is 571 g/mol. The second-order valence-electron chi connectivity index (χ2n) is 12.3. The number of pyridine rings is 1. The molecule has 0 radical (unpaired) electrons. The molecule has 0 aliphatic rings. The highest BCUT2D eigenvalue weighted by Gasteiger charge is 2.18. The van der Waals surface area contributed by atoms with E-state index in [1.165, 1.54) is 65.7 Å². The van der Waals surface area contributed by atoms with Crippen molar-refractivity contribution in [2.24, 2.45) is 0 Å². The molecule has 0 unspecified atom stereocenters. The van der Waals surface area contributed by atoms with Crippen LogP contribution < -0.4 is 0 Å². The number of rotatable bonds is 4. The lowest BCUT2D eigenvalue weighted by Gasteiger charge is -2.18. The molecule has 0 saturated carbocycles. The first-order chi connectivity index (χ1) is 23.3. The molecule has 0 amide bonds. The Kier molecular flexibility index (Phi) is 5.61. The predicted octanol–water partition coefficient (Wildman–Crippen LogP) is 12.5. The fourth-order valence-electron chi connectivity index (χ4n) is 7.50. The Bertz CT molecular complexity index is 2740. The fraction of sp³-hybridized carbons (Fsp3) is 0. The Hall–Kier alpha value is -6.25. The maximum absolute atomic E-state index is 6.37. The zero-order valence-corrected chi connectivity index (χ0v) is 25.4. The third-order valence-corrected chi connectivity index (χ3v) is 9.77. The van der Waals surface area contributed by atoms with Crippen LogP contribution in [0.4, 0.5) is 0 Å². The minimum absolute atomic E-state index is 0.918. The molecular formula is C45H27NO. The lowest BCUT2D eigenvalue weighted by atomic mass is 9.85. The Balaban J connectivity index is 1.16. The fourth-order valence-corrected chi connectivity index (χ4v) is 7.50. The summed E-state index contributed by atoms with van der Waals surface area (Å²) in [5.41, 5.74) is 11.3. The maximum Gasteiger partial charge on any atom is 0.143 e. The average molecular weight is 598 g/mol. The Morgan fingerprint density at radius 2 is 0.915 bits per heavy atom. The number of fused-ring (bicyclic) bond motifs is 3. The van der Waals surface area contributed by atoms with E-state index in [-0.39, 0.29) is 0 Å². The van der Waals surface area contributed by atoms with Crippen molar-refractivity contribution in [2.75, 3.05) is 0 Å². The average Bonchev–Trinajstić information content (AvgIpc) is 3.53. The topological polar surface area (TPSA) is 26.0 Å². The predicted molar refractivity (Wildman–Crippen MR) is 197 cm³/mol. The third-order valence-electron chi connectivity index (χ3n) is 9.77. The molecule has 0 saturated heterocycles. The summed E-state index contributed by atoms with van der Waals surface area (Å²) in [7, 11) is 0. The van der Waals surface area contributed by atoms with Gasteiger partial charge in [-0.05, 0) is 95.5 Å². The van der Waals surface area contributed by atoms with Crippen molar-refractivity contribution in [1.29, 1.82) is 0 Å². The number of hydrogen-bond donors (Lipinski definition) is 0. The van der Waals surface area contributed by atoms with Crippen LogP contribution >= 0.6 is 0 Å². The quantitative estimate of drug-likeness (QED) is 0.189. The van der Waals surface area contributed by atoms with Gasteiger partial charge in [0, 0.05) is 28.7 Å². The van der Waals surface area contributed by atoms with E-state index in [1.807, 2.05) is 24.5 Å². The molecule has 0 aliphatic carbocycles. The molecule has 0 N–H and O–H groups in total. The summed E-state index contributed by atoms with van der Waals surface area (Å²) in [4.78, 5) is 4.19. The van der Waals surface area contributed by atoms with Gasteiger partial charge in [-0.25, -0.2) is 0 Å². The summed E-state index contributed by atoms with van der Waals surface area (Å²) in [5, 5.41) is 10.0. The number of furan rings is 1. The molecule has 2 aromatic heterocycles. The highest BCUT2D eigenvalue weighted by molar-refractivity contribution is 6.28. The van der Waals surface area contributed by atoms with E-state index in [1.54, 1.807) is 0 Å². The molecule has 10 rings (SSSR count). The first kappa shape index (κ1) is 26.0. The smallest absolute Gasteiger partial charge is 0.143 e. The molecule has 0 aliphatic heterocycles. The minimum atomic E-state index is 0.918. The monoisotopic (exact) mass is 597 g/mol.